The normalized spacial score (nSPS) is 12.4. The van der Waals surface area contributed by atoms with Gasteiger partial charge in [0.2, 0.25) is 5.89 Å². The molecule has 0 amide bonds. The molecule has 0 fully saturated rings. The van der Waals surface area contributed by atoms with E-state index in [0.717, 1.165) is 29.4 Å². The van der Waals surface area contributed by atoms with Crippen molar-refractivity contribution in [2.45, 2.75) is 40.3 Å². The number of nitrogens with zero attached hydrogens (tertiary/aromatic N) is 2. The third-order valence-corrected chi connectivity index (χ3v) is 4.15. The van der Waals surface area contributed by atoms with E-state index in [2.05, 4.69) is 39.7 Å². The minimum atomic E-state index is 0. The molecule has 0 spiro atoms. The lowest BCUT2D eigenvalue weighted by molar-refractivity contribution is 0.441. The van der Waals surface area contributed by atoms with Crippen molar-refractivity contribution in [3.63, 3.8) is 0 Å². The first-order chi connectivity index (χ1) is 13.0. The molecule has 7 heteroatoms. The van der Waals surface area contributed by atoms with Gasteiger partial charge in [-0.25, -0.2) is 9.98 Å². The molecule has 0 radical (unpaired) electrons. The Morgan fingerprint density at radius 2 is 1.86 bits per heavy atom. The quantitative estimate of drug-likeness (QED) is 0.287. The summed E-state index contributed by atoms with van der Waals surface area (Å²) in [5.41, 5.74) is 2.22. The van der Waals surface area contributed by atoms with Gasteiger partial charge in [-0.3, -0.25) is 0 Å². The van der Waals surface area contributed by atoms with Gasteiger partial charge >= 0.3 is 0 Å². The van der Waals surface area contributed by atoms with Crippen LogP contribution in [0.3, 0.4) is 0 Å². The number of rotatable bonds is 6. The molecule has 1 aromatic carbocycles. The van der Waals surface area contributed by atoms with Gasteiger partial charge in [-0.1, -0.05) is 29.8 Å². The lowest BCUT2D eigenvalue weighted by atomic mass is 10.1. The molecule has 150 valence electrons. The predicted octanol–water partition coefficient (Wildman–Crippen LogP) is 4.99. The molecule has 3 rings (SSSR count). The van der Waals surface area contributed by atoms with Crippen molar-refractivity contribution in [3.8, 4) is 11.3 Å². The number of oxazole rings is 1. The molecule has 2 N–H and O–H groups in total. The standard InChI is InChI=1S/C21H26N4O2.HI/c1-5-22-21(25-16(4)18-11-8-15(3)26-18)24-13-20-23-12-19(27-20)17-9-6-14(2)7-10-17;/h6-12,16H,5,13H2,1-4H3,(H2,22,24,25);1H. The largest absolute Gasteiger partial charge is 0.464 e. The topological polar surface area (TPSA) is 75.6 Å². The zero-order valence-electron chi connectivity index (χ0n) is 16.7. The molecule has 0 aliphatic heterocycles. The molecular weight excluding hydrogens is 467 g/mol. The SMILES string of the molecule is CCNC(=NCc1ncc(-c2ccc(C)cc2)o1)NC(C)c1ccc(C)o1.I. The molecular formula is C21H27IN4O2. The molecule has 0 aliphatic rings. The maximum absolute atomic E-state index is 5.84. The van der Waals surface area contributed by atoms with Crippen LogP contribution in [0.5, 0.6) is 0 Å². The molecule has 28 heavy (non-hydrogen) atoms. The van der Waals surface area contributed by atoms with E-state index in [-0.39, 0.29) is 30.0 Å². The van der Waals surface area contributed by atoms with E-state index in [4.69, 9.17) is 8.83 Å². The minimum Gasteiger partial charge on any atom is -0.464 e. The maximum atomic E-state index is 5.84. The smallest absolute Gasteiger partial charge is 0.216 e. The van der Waals surface area contributed by atoms with Crippen LogP contribution in [0.2, 0.25) is 0 Å². The maximum Gasteiger partial charge on any atom is 0.216 e. The molecule has 1 atom stereocenters. The molecule has 0 saturated carbocycles. The van der Waals surface area contributed by atoms with E-state index < -0.39 is 0 Å². The first kappa shape index (κ1) is 22.0. The van der Waals surface area contributed by atoms with E-state index in [1.54, 1.807) is 6.20 Å². The first-order valence-corrected chi connectivity index (χ1v) is 9.18. The highest BCUT2D eigenvalue weighted by molar-refractivity contribution is 14.0. The third-order valence-electron chi connectivity index (χ3n) is 4.15. The van der Waals surface area contributed by atoms with Crippen LogP contribution < -0.4 is 10.6 Å². The summed E-state index contributed by atoms with van der Waals surface area (Å²) in [4.78, 5) is 8.91. The van der Waals surface area contributed by atoms with Gasteiger partial charge in [-0.15, -0.1) is 24.0 Å². The van der Waals surface area contributed by atoms with Crippen LogP contribution in [-0.4, -0.2) is 17.5 Å². The number of benzene rings is 1. The molecule has 6 nitrogen and oxygen atoms in total. The van der Waals surface area contributed by atoms with E-state index in [0.29, 0.717) is 18.4 Å². The molecule has 2 heterocycles. The lowest BCUT2D eigenvalue weighted by Crippen LogP contribution is -2.38. The number of aliphatic imine (C=N–C) groups is 1. The van der Waals surface area contributed by atoms with Crippen molar-refractivity contribution < 1.29 is 8.83 Å². The molecule has 0 aliphatic carbocycles. The van der Waals surface area contributed by atoms with Gasteiger partial charge in [0, 0.05) is 12.1 Å². The first-order valence-electron chi connectivity index (χ1n) is 9.18. The summed E-state index contributed by atoms with van der Waals surface area (Å²) in [6.07, 6.45) is 1.74. The average Bonchev–Trinajstić information content (AvgIpc) is 3.30. The Balaban J connectivity index is 0.00000280. The Morgan fingerprint density at radius 1 is 1.11 bits per heavy atom. The second-order valence-corrected chi connectivity index (χ2v) is 6.49. The van der Waals surface area contributed by atoms with Crippen molar-refractivity contribution >= 4 is 29.9 Å². The number of halogens is 1. The van der Waals surface area contributed by atoms with E-state index in [1.165, 1.54) is 5.56 Å². The van der Waals surface area contributed by atoms with Gasteiger partial charge in [-0.05, 0) is 39.8 Å². The van der Waals surface area contributed by atoms with Crippen LogP contribution in [0.25, 0.3) is 11.3 Å². The summed E-state index contributed by atoms with van der Waals surface area (Å²) in [7, 11) is 0. The molecule has 0 bridgehead atoms. The Bertz CT molecular complexity index is 899. The Kier molecular flexibility index (Phi) is 8.10. The van der Waals surface area contributed by atoms with Crippen LogP contribution in [-0.2, 0) is 6.54 Å². The second-order valence-electron chi connectivity index (χ2n) is 6.49. The highest BCUT2D eigenvalue weighted by atomic mass is 127. The van der Waals surface area contributed by atoms with Gasteiger partial charge in [0.25, 0.3) is 0 Å². The number of furan rings is 1. The highest BCUT2D eigenvalue weighted by Crippen LogP contribution is 2.21. The van der Waals surface area contributed by atoms with Crippen LogP contribution in [0.15, 0.2) is 56.4 Å². The third kappa shape index (κ3) is 5.85. The van der Waals surface area contributed by atoms with Gasteiger partial charge < -0.3 is 19.5 Å². The number of aryl methyl sites for hydroxylation is 2. The molecule has 1 unspecified atom stereocenters. The number of hydrogen-bond acceptors (Lipinski definition) is 4. The monoisotopic (exact) mass is 494 g/mol. The van der Waals surface area contributed by atoms with Crippen LogP contribution in [0, 0.1) is 13.8 Å². The molecule has 2 aromatic heterocycles. The van der Waals surface area contributed by atoms with Gasteiger partial charge in [0.1, 0.15) is 18.1 Å². The number of aromatic nitrogens is 1. The van der Waals surface area contributed by atoms with E-state index in [9.17, 15) is 0 Å². The summed E-state index contributed by atoms with van der Waals surface area (Å²) >= 11 is 0. The van der Waals surface area contributed by atoms with E-state index >= 15 is 0 Å². The number of nitrogens with one attached hydrogen (secondary N) is 2. The van der Waals surface area contributed by atoms with Crippen LogP contribution >= 0.6 is 24.0 Å². The fourth-order valence-electron chi connectivity index (χ4n) is 2.66. The molecule has 3 aromatic rings. The predicted molar refractivity (Wildman–Crippen MR) is 122 cm³/mol. The van der Waals surface area contributed by atoms with Gasteiger partial charge in [-0.2, -0.15) is 0 Å². The van der Waals surface area contributed by atoms with Crippen molar-refractivity contribution in [3.05, 3.63) is 65.6 Å². The number of hydrogen-bond donors (Lipinski definition) is 2. The zero-order chi connectivity index (χ0) is 19.2. The van der Waals surface area contributed by atoms with Gasteiger partial charge in [0.15, 0.2) is 11.7 Å². The Labute approximate surface area is 182 Å². The summed E-state index contributed by atoms with van der Waals surface area (Å²) in [5, 5.41) is 6.57. The molecule has 0 saturated heterocycles. The van der Waals surface area contributed by atoms with Gasteiger partial charge in [0.05, 0.1) is 12.2 Å². The summed E-state index contributed by atoms with van der Waals surface area (Å²) in [6, 6.07) is 12.1. The van der Waals surface area contributed by atoms with Crippen LogP contribution in [0.4, 0.5) is 0 Å². The minimum absolute atomic E-state index is 0. The van der Waals surface area contributed by atoms with Crippen molar-refractivity contribution in [2.24, 2.45) is 4.99 Å². The summed E-state index contributed by atoms with van der Waals surface area (Å²) in [5.74, 6) is 3.77. The average molecular weight is 494 g/mol. The van der Waals surface area contributed by atoms with Crippen molar-refractivity contribution in [2.75, 3.05) is 6.54 Å². The fraction of sp³-hybridized carbons (Fsp3) is 0.333. The zero-order valence-corrected chi connectivity index (χ0v) is 19.0. The highest BCUT2D eigenvalue weighted by Gasteiger charge is 2.12. The summed E-state index contributed by atoms with van der Waals surface area (Å²) < 4.78 is 11.5. The summed E-state index contributed by atoms with van der Waals surface area (Å²) in [6.45, 7) is 9.17. The van der Waals surface area contributed by atoms with Crippen LogP contribution in [0.1, 0.15) is 42.9 Å². The number of guanidine groups is 1. The Morgan fingerprint density at radius 3 is 2.50 bits per heavy atom. The van der Waals surface area contributed by atoms with E-state index in [1.807, 2.05) is 45.0 Å². The van der Waals surface area contributed by atoms with Crippen molar-refractivity contribution in [1.29, 1.82) is 0 Å². The fourth-order valence-corrected chi connectivity index (χ4v) is 2.66. The lowest BCUT2D eigenvalue weighted by Gasteiger charge is -2.15. The Hall–Kier alpha value is -2.29. The van der Waals surface area contributed by atoms with Crippen molar-refractivity contribution in [1.82, 2.24) is 15.6 Å². The second kappa shape index (κ2) is 10.3.